The molecule has 4 heteroatoms. The Balaban J connectivity index is 2.03. The average molecular weight is 246 g/mol. The molecule has 0 radical (unpaired) electrons. The molecule has 0 spiro atoms. The van der Waals surface area contributed by atoms with E-state index in [0.29, 0.717) is 12.8 Å². The molecule has 1 heterocycles. The van der Waals surface area contributed by atoms with Crippen LogP contribution >= 0.6 is 0 Å². The fourth-order valence-electron chi connectivity index (χ4n) is 2.00. The molecule has 0 amide bonds. The topological polar surface area (TPSA) is 47.3 Å². The molecule has 2 aromatic rings. The van der Waals surface area contributed by atoms with Crippen molar-refractivity contribution < 1.29 is 9.84 Å². The van der Waals surface area contributed by atoms with Crippen molar-refractivity contribution in [1.82, 2.24) is 9.55 Å². The van der Waals surface area contributed by atoms with Gasteiger partial charge >= 0.3 is 0 Å². The summed E-state index contributed by atoms with van der Waals surface area (Å²) in [7, 11) is 3.57. The maximum Gasteiger partial charge on any atom is 0.122 e. The van der Waals surface area contributed by atoms with Gasteiger partial charge in [-0.2, -0.15) is 0 Å². The molecule has 0 aliphatic carbocycles. The number of aliphatic hydroxyl groups is 1. The first-order valence-corrected chi connectivity index (χ1v) is 5.97. The van der Waals surface area contributed by atoms with Crippen molar-refractivity contribution >= 4 is 0 Å². The summed E-state index contributed by atoms with van der Waals surface area (Å²) in [5, 5.41) is 10.1. The smallest absolute Gasteiger partial charge is 0.122 e. The van der Waals surface area contributed by atoms with Crippen molar-refractivity contribution in [3.8, 4) is 5.75 Å². The van der Waals surface area contributed by atoms with Gasteiger partial charge in [0.05, 0.1) is 13.2 Å². The van der Waals surface area contributed by atoms with Gasteiger partial charge in [-0.1, -0.05) is 18.2 Å². The van der Waals surface area contributed by atoms with Crippen molar-refractivity contribution in [2.45, 2.75) is 18.9 Å². The van der Waals surface area contributed by atoms with Crippen molar-refractivity contribution in [2.75, 3.05) is 7.11 Å². The molecule has 4 nitrogen and oxygen atoms in total. The van der Waals surface area contributed by atoms with Crippen LogP contribution in [0.3, 0.4) is 0 Å². The van der Waals surface area contributed by atoms with Gasteiger partial charge in [0.1, 0.15) is 11.6 Å². The average Bonchev–Trinajstić information content (AvgIpc) is 2.75. The normalized spacial score (nSPS) is 12.4. The number of imidazole rings is 1. The molecule has 0 aliphatic heterocycles. The van der Waals surface area contributed by atoms with Gasteiger partial charge in [-0.05, 0) is 11.6 Å². The van der Waals surface area contributed by atoms with Crippen molar-refractivity contribution in [1.29, 1.82) is 0 Å². The standard InChI is InChI=1S/C14H18N2O2/c1-16-8-7-15-14(16)10-12(17)9-11-5-3-4-6-13(11)18-2/h3-8,12,17H,9-10H2,1-2H3. The molecule has 0 aliphatic rings. The second-order valence-electron chi connectivity index (χ2n) is 4.33. The summed E-state index contributed by atoms with van der Waals surface area (Å²) in [6, 6.07) is 7.75. The minimum Gasteiger partial charge on any atom is -0.496 e. The Bertz CT molecular complexity index is 508. The van der Waals surface area contributed by atoms with Crippen LogP contribution in [0.5, 0.6) is 5.75 Å². The largest absolute Gasteiger partial charge is 0.496 e. The lowest BCUT2D eigenvalue weighted by Gasteiger charge is -2.13. The second kappa shape index (κ2) is 5.69. The van der Waals surface area contributed by atoms with Crippen LogP contribution in [0.15, 0.2) is 36.7 Å². The summed E-state index contributed by atoms with van der Waals surface area (Å²) >= 11 is 0. The first kappa shape index (κ1) is 12.6. The Morgan fingerprint density at radius 1 is 1.33 bits per heavy atom. The van der Waals surface area contributed by atoms with Crippen molar-refractivity contribution in [2.24, 2.45) is 7.05 Å². The van der Waals surface area contributed by atoms with Crippen LogP contribution in [0.1, 0.15) is 11.4 Å². The van der Waals surface area contributed by atoms with E-state index in [1.807, 2.05) is 42.1 Å². The molecular weight excluding hydrogens is 228 g/mol. The monoisotopic (exact) mass is 246 g/mol. The minimum atomic E-state index is -0.456. The summed E-state index contributed by atoms with van der Waals surface area (Å²) < 4.78 is 7.20. The van der Waals surface area contributed by atoms with Gasteiger partial charge in [0.2, 0.25) is 0 Å². The van der Waals surface area contributed by atoms with Crippen LogP contribution in [0.4, 0.5) is 0 Å². The van der Waals surface area contributed by atoms with Crippen LogP contribution < -0.4 is 4.74 Å². The number of para-hydroxylation sites is 1. The fraction of sp³-hybridized carbons (Fsp3) is 0.357. The van der Waals surface area contributed by atoms with Gasteiger partial charge in [-0.3, -0.25) is 0 Å². The summed E-state index contributed by atoms with van der Waals surface area (Å²) in [4.78, 5) is 4.21. The molecule has 1 atom stereocenters. The fourth-order valence-corrected chi connectivity index (χ4v) is 2.00. The Kier molecular flexibility index (Phi) is 3.99. The van der Waals surface area contributed by atoms with E-state index in [9.17, 15) is 5.11 Å². The highest BCUT2D eigenvalue weighted by Gasteiger charge is 2.12. The van der Waals surface area contributed by atoms with Gasteiger partial charge in [-0.25, -0.2) is 4.98 Å². The molecule has 0 saturated heterocycles. The molecule has 0 fully saturated rings. The van der Waals surface area contributed by atoms with E-state index >= 15 is 0 Å². The predicted octanol–water partition coefficient (Wildman–Crippen LogP) is 1.57. The molecule has 1 unspecified atom stereocenters. The van der Waals surface area contributed by atoms with E-state index in [2.05, 4.69) is 4.98 Å². The van der Waals surface area contributed by atoms with E-state index in [-0.39, 0.29) is 0 Å². The maximum absolute atomic E-state index is 10.1. The van der Waals surface area contributed by atoms with Gasteiger partial charge in [-0.15, -0.1) is 0 Å². The van der Waals surface area contributed by atoms with Gasteiger partial charge in [0.15, 0.2) is 0 Å². The molecule has 0 saturated carbocycles. The van der Waals surface area contributed by atoms with E-state index < -0.39 is 6.10 Å². The summed E-state index contributed by atoms with van der Waals surface area (Å²) in [6.07, 6.45) is 4.27. The molecule has 1 aromatic carbocycles. The van der Waals surface area contributed by atoms with Crippen LogP contribution in [-0.4, -0.2) is 27.9 Å². The third-order valence-corrected chi connectivity index (χ3v) is 2.99. The quantitative estimate of drug-likeness (QED) is 0.871. The van der Waals surface area contributed by atoms with E-state index in [1.54, 1.807) is 13.3 Å². The zero-order chi connectivity index (χ0) is 13.0. The maximum atomic E-state index is 10.1. The number of ether oxygens (including phenoxy) is 1. The highest BCUT2D eigenvalue weighted by atomic mass is 16.5. The highest BCUT2D eigenvalue weighted by molar-refractivity contribution is 5.33. The van der Waals surface area contributed by atoms with E-state index in [4.69, 9.17) is 4.74 Å². The molecule has 18 heavy (non-hydrogen) atoms. The van der Waals surface area contributed by atoms with E-state index in [1.165, 1.54) is 0 Å². The number of aromatic nitrogens is 2. The van der Waals surface area contributed by atoms with Crippen molar-refractivity contribution in [3.05, 3.63) is 48.0 Å². The van der Waals surface area contributed by atoms with Crippen LogP contribution in [0, 0.1) is 0 Å². The zero-order valence-corrected chi connectivity index (χ0v) is 10.7. The number of hydrogen-bond acceptors (Lipinski definition) is 3. The zero-order valence-electron chi connectivity index (χ0n) is 10.7. The van der Waals surface area contributed by atoms with Gasteiger partial charge in [0.25, 0.3) is 0 Å². The highest BCUT2D eigenvalue weighted by Crippen LogP contribution is 2.19. The molecule has 2 rings (SSSR count). The summed E-state index contributed by atoms with van der Waals surface area (Å²) in [6.45, 7) is 0. The lowest BCUT2D eigenvalue weighted by Crippen LogP contribution is -2.17. The SMILES string of the molecule is COc1ccccc1CC(O)Cc1nccn1C. The molecular formula is C14H18N2O2. The second-order valence-corrected chi connectivity index (χ2v) is 4.33. The first-order valence-electron chi connectivity index (χ1n) is 5.97. The molecule has 96 valence electrons. The molecule has 1 aromatic heterocycles. The molecule has 1 N–H and O–H groups in total. The minimum absolute atomic E-state index is 0.456. The Hall–Kier alpha value is -1.81. The summed E-state index contributed by atoms with van der Waals surface area (Å²) in [5.41, 5.74) is 1.02. The van der Waals surface area contributed by atoms with Gasteiger partial charge < -0.3 is 14.4 Å². The van der Waals surface area contributed by atoms with Crippen LogP contribution in [-0.2, 0) is 19.9 Å². The first-order chi connectivity index (χ1) is 8.70. The predicted molar refractivity (Wildman–Crippen MR) is 69.6 cm³/mol. The number of nitrogens with zero attached hydrogens (tertiary/aromatic N) is 2. The van der Waals surface area contributed by atoms with Crippen LogP contribution in [0.25, 0.3) is 0 Å². The number of aliphatic hydroxyl groups excluding tert-OH is 1. The third kappa shape index (κ3) is 2.90. The Morgan fingerprint density at radius 2 is 2.11 bits per heavy atom. The van der Waals surface area contributed by atoms with Crippen LogP contribution in [0.2, 0.25) is 0 Å². The number of aryl methyl sites for hydroxylation is 1. The number of benzene rings is 1. The van der Waals surface area contributed by atoms with Gasteiger partial charge in [0, 0.05) is 32.3 Å². The number of methoxy groups -OCH3 is 1. The Labute approximate surface area is 107 Å². The lowest BCUT2D eigenvalue weighted by atomic mass is 10.0. The van der Waals surface area contributed by atoms with Crippen molar-refractivity contribution in [3.63, 3.8) is 0 Å². The summed E-state index contributed by atoms with van der Waals surface area (Å²) in [5.74, 6) is 1.70. The van der Waals surface area contributed by atoms with E-state index in [0.717, 1.165) is 17.1 Å². The molecule has 0 bridgehead atoms. The Morgan fingerprint density at radius 3 is 2.78 bits per heavy atom. The third-order valence-electron chi connectivity index (χ3n) is 2.99. The lowest BCUT2D eigenvalue weighted by molar-refractivity contribution is 0.171. The number of hydrogen-bond donors (Lipinski definition) is 1. The number of rotatable bonds is 5.